The van der Waals surface area contributed by atoms with Crippen LogP contribution < -0.4 is 20.6 Å². The van der Waals surface area contributed by atoms with Crippen LogP contribution in [0.15, 0.2) is 35.3 Å². The quantitative estimate of drug-likeness (QED) is 0.246. The van der Waals surface area contributed by atoms with E-state index in [1.807, 2.05) is 0 Å². The van der Waals surface area contributed by atoms with E-state index in [4.69, 9.17) is 0 Å². The lowest BCUT2D eigenvalue weighted by Gasteiger charge is -2.35. The first-order valence-electron chi connectivity index (χ1n) is 13.6. The molecule has 0 spiro atoms. The zero-order valence-corrected chi connectivity index (χ0v) is 24.0. The number of halogens is 5. The van der Waals surface area contributed by atoms with Crippen LogP contribution >= 0.6 is 0 Å². The highest BCUT2D eigenvalue weighted by molar-refractivity contribution is 5.98. The van der Waals surface area contributed by atoms with Crippen molar-refractivity contribution >= 4 is 22.8 Å². The van der Waals surface area contributed by atoms with Crippen LogP contribution in [-0.2, 0) is 4.79 Å². The van der Waals surface area contributed by atoms with Gasteiger partial charge in [0.25, 0.3) is 0 Å². The monoisotopic (exact) mass is 618 g/mol. The van der Waals surface area contributed by atoms with Gasteiger partial charge in [0.1, 0.15) is 28.5 Å². The number of alkyl halides is 3. The van der Waals surface area contributed by atoms with E-state index in [1.165, 1.54) is 6.20 Å². The van der Waals surface area contributed by atoms with E-state index in [-0.39, 0.29) is 30.0 Å². The third-order valence-electron chi connectivity index (χ3n) is 7.24. The lowest BCUT2D eigenvalue weighted by molar-refractivity contribution is -0.189. The minimum absolute atomic E-state index is 0.175. The Morgan fingerprint density at radius 1 is 1.18 bits per heavy atom. The number of fused-ring (bicyclic) bond motifs is 1. The summed E-state index contributed by atoms with van der Waals surface area (Å²) in [6.07, 6.45) is -4.03. The Morgan fingerprint density at radius 3 is 2.55 bits per heavy atom. The molecule has 1 fully saturated rings. The minimum atomic E-state index is -5.54. The predicted octanol–water partition coefficient (Wildman–Crippen LogP) is 4.52. The maximum atomic E-state index is 16.4. The van der Waals surface area contributed by atoms with E-state index in [1.54, 1.807) is 38.7 Å². The van der Waals surface area contributed by atoms with Crippen molar-refractivity contribution in [2.24, 2.45) is 0 Å². The van der Waals surface area contributed by atoms with Crippen LogP contribution in [0.25, 0.3) is 28.0 Å². The number of nitrogens with one attached hydrogen (secondary N) is 1. The van der Waals surface area contributed by atoms with Crippen molar-refractivity contribution in [1.82, 2.24) is 24.8 Å². The van der Waals surface area contributed by atoms with Crippen LogP contribution in [0.5, 0.6) is 11.5 Å². The van der Waals surface area contributed by atoms with E-state index in [9.17, 15) is 27.9 Å². The van der Waals surface area contributed by atoms with Gasteiger partial charge in [0.15, 0.2) is 17.2 Å². The number of esters is 1. The first kappa shape index (κ1) is 30.8. The van der Waals surface area contributed by atoms with Crippen molar-refractivity contribution in [3.63, 3.8) is 0 Å². The Labute approximate surface area is 247 Å². The Hall–Kier alpha value is -4.66. The summed E-state index contributed by atoms with van der Waals surface area (Å²) in [5, 5.41) is 12.3. The van der Waals surface area contributed by atoms with Crippen molar-refractivity contribution in [3.8, 4) is 28.4 Å². The maximum Gasteiger partial charge on any atom is 0.491 e. The lowest BCUT2D eigenvalue weighted by Crippen LogP contribution is -2.51. The van der Waals surface area contributed by atoms with Crippen LogP contribution in [0.4, 0.5) is 27.8 Å². The summed E-state index contributed by atoms with van der Waals surface area (Å²) < 4.78 is 77.7. The van der Waals surface area contributed by atoms with Gasteiger partial charge in [-0.15, -0.1) is 0 Å². The molecule has 3 aromatic heterocycles. The number of nitrogens with zero attached hydrogens (tertiary/aromatic N) is 5. The summed E-state index contributed by atoms with van der Waals surface area (Å²) in [5.41, 5.74) is -1.77. The van der Waals surface area contributed by atoms with Gasteiger partial charge in [-0.05, 0) is 43.5 Å². The fraction of sp³-hybridized carbons (Fsp3) is 0.345. The number of aromatic nitrogens is 4. The number of aryl methyl sites for hydroxylation is 1. The molecule has 10 nitrogen and oxygen atoms in total. The largest absolute Gasteiger partial charge is 0.508 e. The van der Waals surface area contributed by atoms with Gasteiger partial charge in [0, 0.05) is 43.5 Å². The van der Waals surface area contributed by atoms with Crippen molar-refractivity contribution in [2.45, 2.75) is 45.8 Å². The fourth-order valence-corrected chi connectivity index (χ4v) is 5.15. The second-order valence-corrected chi connectivity index (χ2v) is 10.7. The van der Waals surface area contributed by atoms with Crippen molar-refractivity contribution in [1.29, 1.82) is 0 Å². The van der Waals surface area contributed by atoms with Crippen LogP contribution in [0.3, 0.4) is 0 Å². The van der Waals surface area contributed by atoms with Crippen molar-refractivity contribution in [2.75, 3.05) is 24.5 Å². The van der Waals surface area contributed by atoms with Crippen LogP contribution in [0.2, 0.25) is 0 Å². The number of hydrogen-bond donors (Lipinski definition) is 2. The van der Waals surface area contributed by atoms with Gasteiger partial charge in [-0.3, -0.25) is 4.98 Å². The number of hydrogen-bond acceptors (Lipinski definition) is 9. The molecule has 0 amide bonds. The molecule has 0 unspecified atom stereocenters. The molecule has 1 aromatic carbocycles. The van der Waals surface area contributed by atoms with E-state index >= 15 is 8.78 Å². The number of pyridine rings is 2. The average Bonchev–Trinajstić information content (AvgIpc) is 2.94. The molecule has 0 radical (unpaired) electrons. The van der Waals surface area contributed by atoms with Gasteiger partial charge >= 0.3 is 17.8 Å². The van der Waals surface area contributed by atoms with Crippen LogP contribution in [0, 0.1) is 18.6 Å². The van der Waals surface area contributed by atoms with Gasteiger partial charge in [-0.2, -0.15) is 18.2 Å². The topological polar surface area (TPSA) is 122 Å². The average molecular weight is 619 g/mol. The Bertz CT molecular complexity index is 1840. The van der Waals surface area contributed by atoms with Gasteiger partial charge in [0.05, 0.1) is 11.4 Å². The zero-order valence-electron chi connectivity index (χ0n) is 24.0. The van der Waals surface area contributed by atoms with Gasteiger partial charge in [0.2, 0.25) is 0 Å². The highest BCUT2D eigenvalue weighted by atomic mass is 19.4. The third kappa shape index (κ3) is 5.42. The van der Waals surface area contributed by atoms with Gasteiger partial charge in [-0.25, -0.2) is 27.9 Å². The summed E-state index contributed by atoms with van der Waals surface area (Å²) in [5.74, 6) is -7.84. The number of aromatic hydroxyl groups is 1. The highest BCUT2D eigenvalue weighted by Crippen LogP contribution is 2.41. The molecule has 5 rings (SSSR count). The maximum absolute atomic E-state index is 16.4. The number of carbonyl (C=O) groups excluding carboxylic acids is 1. The molecule has 0 bridgehead atoms. The molecular formula is C29H27F5N6O4. The number of piperazine rings is 1. The minimum Gasteiger partial charge on any atom is -0.508 e. The Balaban J connectivity index is 2.01. The molecule has 1 atom stereocenters. The van der Waals surface area contributed by atoms with E-state index < -0.39 is 63.3 Å². The third-order valence-corrected chi connectivity index (χ3v) is 7.24. The Kier molecular flexibility index (Phi) is 8.01. The summed E-state index contributed by atoms with van der Waals surface area (Å²) in [7, 11) is 0. The first-order chi connectivity index (χ1) is 20.7. The fourth-order valence-electron chi connectivity index (χ4n) is 5.15. The molecular weight excluding hydrogens is 591 g/mol. The van der Waals surface area contributed by atoms with Gasteiger partial charge < -0.3 is 20.1 Å². The molecule has 15 heteroatoms. The molecule has 2 N–H and O–H groups in total. The second-order valence-electron chi connectivity index (χ2n) is 10.7. The molecule has 1 saturated heterocycles. The summed E-state index contributed by atoms with van der Waals surface area (Å²) in [4.78, 5) is 40.6. The molecule has 0 saturated carbocycles. The second kappa shape index (κ2) is 11.4. The lowest BCUT2D eigenvalue weighted by atomic mass is 10.0. The van der Waals surface area contributed by atoms with E-state index in [0.29, 0.717) is 30.4 Å². The van der Waals surface area contributed by atoms with E-state index in [0.717, 1.165) is 16.7 Å². The SMILES string of the molecule is Cc1ccnc(C(C)C)c1-n1c(=O)nc(N2CCNC[C@@H]2C)c2c(OC(=O)C(F)(F)F)c(F)c(-c3ccc(O)cc3F)nc21. The number of benzene rings is 1. The van der Waals surface area contributed by atoms with Crippen molar-refractivity contribution in [3.05, 3.63) is 63.8 Å². The molecule has 0 aliphatic carbocycles. The highest BCUT2D eigenvalue weighted by Gasteiger charge is 2.43. The summed E-state index contributed by atoms with van der Waals surface area (Å²) in [6, 6.07) is 3.82. The number of ether oxygens (including phenoxy) is 1. The molecule has 4 aromatic rings. The van der Waals surface area contributed by atoms with Crippen molar-refractivity contribution < 1.29 is 36.6 Å². The van der Waals surface area contributed by atoms with E-state index in [2.05, 4.69) is 25.0 Å². The molecule has 4 heterocycles. The smallest absolute Gasteiger partial charge is 0.491 e. The molecule has 1 aliphatic heterocycles. The number of rotatable bonds is 5. The van der Waals surface area contributed by atoms with Gasteiger partial charge in [-0.1, -0.05) is 13.8 Å². The number of phenolic OH excluding ortho intramolecular Hbond substituents is 1. The number of phenols is 1. The molecule has 1 aliphatic rings. The number of anilines is 1. The summed E-state index contributed by atoms with van der Waals surface area (Å²) >= 11 is 0. The van der Waals surface area contributed by atoms with Crippen LogP contribution in [-0.4, -0.2) is 62.4 Å². The predicted molar refractivity (Wildman–Crippen MR) is 150 cm³/mol. The molecule has 44 heavy (non-hydrogen) atoms. The molecule has 232 valence electrons. The van der Waals surface area contributed by atoms with Crippen LogP contribution in [0.1, 0.15) is 37.9 Å². The zero-order chi connectivity index (χ0) is 32.1. The standard InChI is InChI=1S/C29H27F5N6O4/c1-13(2)21-23(14(3)7-8-36-21)40-26-19(25(38-28(40)43)39-10-9-35-12-15(39)4)24(44-27(42)29(32,33)34)20(31)22(37-26)17-6-5-16(41)11-18(17)30/h5-8,11,13,15,35,41H,9-10,12H2,1-4H3/t15-/m0/s1. The Morgan fingerprint density at radius 2 is 1.91 bits per heavy atom. The summed E-state index contributed by atoms with van der Waals surface area (Å²) in [6.45, 7) is 7.97. The first-order valence-corrected chi connectivity index (χ1v) is 13.6. The number of carbonyl (C=O) groups is 1. The normalized spacial score (nSPS) is 15.7.